The number of hydrogen-bond donors (Lipinski definition) is 2. The van der Waals surface area contributed by atoms with Gasteiger partial charge in [0.1, 0.15) is 12.6 Å². The molecular formula is C33H34BrCl2N5O3S. The Morgan fingerprint density at radius 2 is 1.91 bits per heavy atom. The fourth-order valence-corrected chi connectivity index (χ4v) is 6.72. The number of rotatable bonds is 11. The average molecular weight is 732 g/mol. The molecule has 1 aliphatic rings. The molecular weight excluding hydrogens is 697 g/mol. The largest absolute Gasteiger partial charge is 0.490 e. The van der Waals surface area contributed by atoms with Crippen LogP contribution in [0.2, 0.25) is 10.0 Å². The van der Waals surface area contributed by atoms with Gasteiger partial charge in [-0.1, -0.05) is 60.1 Å². The van der Waals surface area contributed by atoms with Crippen LogP contribution < -0.4 is 20.1 Å². The molecule has 5 rings (SSSR count). The van der Waals surface area contributed by atoms with E-state index in [-0.39, 0.29) is 12.5 Å². The van der Waals surface area contributed by atoms with Crippen LogP contribution in [0.15, 0.2) is 69.4 Å². The summed E-state index contributed by atoms with van der Waals surface area (Å²) in [7, 11) is 0. The van der Waals surface area contributed by atoms with Crippen molar-refractivity contribution in [2.45, 2.75) is 58.8 Å². The van der Waals surface area contributed by atoms with Gasteiger partial charge in [0.05, 0.1) is 16.7 Å². The number of benzene rings is 3. The molecule has 4 aromatic rings. The SMILES string of the molecule is CCCSc1nc2n(n1)C(c1cc(Br)c(OCc3ccc(Cl)cc3Cl)c(OCC)c1)C(C(=O)Nc1cccc(C)c1C)=C(C)N2. The molecule has 0 aliphatic carbocycles. The summed E-state index contributed by atoms with van der Waals surface area (Å²) in [5, 5.41) is 13.0. The minimum Gasteiger partial charge on any atom is -0.490 e. The Morgan fingerprint density at radius 1 is 1.11 bits per heavy atom. The maximum Gasteiger partial charge on any atom is 0.255 e. The van der Waals surface area contributed by atoms with Crippen molar-refractivity contribution in [1.82, 2.24) is 14.8 Å². The van der Waals surface area contributed by atoms with E-state index in [1.165, 1.54) is 0 Å². The van der Waals surface area contributed by atoms with Gasteiger partial charge >= 0.3 is 0 Å². The Kier molecular flexibility index (Phi) is 10.7. The molecule has 0 bridgehead atoms. The lowest BCUT2D eigenvalue weighted by Crippen LogP contribution is -2.31. The minimum atomic E-state index is -0.606. The lowest BCUT2D eigenvalue weighted by molar-refractivity contribution is -0.113. The van der Waals surface area contributed by atoms with Crippen LogP contribution in [0.25, 0.3) is 0 Å². The maximum atomic E-state index is 14.1. The molecule has 1 atom stereocenters. The van der Waals surface area contributed by atoms with E-state index in [9.17, 15) is 4.79 Å². The van der Waals surface area contributed by atoms with Gasteiger partial charge in [-0.2, -0.15) is 4.98 Å². The fraction of sp³-hybridized carbons (Fsp3) is 0.303. The van der Waals surface area contributed by atoms with Gasteiger partial charge < -0.3 is 20.1 Å². The molecule has 1 aliphatic heterocycles. The van der Waals surface area contributed by atoms with Crippen LogP contribution in [-0.4, -0.2) is 33.0 Å². The normalized spacial score (nSPS) is 14.2. The molecule has 3 aromatic carbocycles. The number of ether oxygens (including phenoxy) is 2. The van der Waals surface area contributed by atoms with Gasteiger partial charge in [-0.05, 0) is 97.1 Å². The number of amides is 1. The molecule has 0 fully saturated rings. The van der Waals surface area contributed by atoms with Crippen molar-refractivity contribution in [3.8, 4) is 11.5 Å². The molecule has 236 valence electrons. The van der Waals surface area contributed by atoms with E-state index in [1.54, 1.807) is 28.6 Å². The molecule has 0 saturated carbocycles. The Bertz CT molecular complexity index is 1780. The van der Waals surface area contributed by atoms with Crippen LogP contribution in [-0.2, 0) is 11.4 Å². The van der Waals surface area contributed by atoms with Crippen molar-refractivity contribution in [1.29, 1.82) is 0 Å². The number of halogens is 3. The highest BCUT2D eigenvalue weighted by Gasteiger charge is 2.35. The van der Waals surface area contributed by atoms with Crippen molar-refractivity contribution in [2.24, 2.45) is 0 Å². The second-order valence-corrected chi connectivity index (χ2v) is 13.3. The number of thioether (sulfide) groups is 1. The molecule has 2 N–H and O–H groups in total. The van der Waals surface area contributed by atoms with E-state index < -0.39 is 6.04 Å². The molecule has 1 aromatic heterocycles. The number of nitrogens with zero attached hydrogens (tertiary/aromatic N) is 3. The Balaban J connectivity index is 1.57. The topological polar surface area (TPSA) is 90.3 Å². The highest BCUT2D eigenvalue weighted by molar-refractivity contribution is 9.10. The van der Waals surface area contributed by atoms with E-state index >= 15 is 0 Å². The van der Waals surface area contributed by atoms with Gasteiger partial charge in [0.25, 0.3) is 5.91 Å². The van der Waals surface area contributed by atoms with Crippen LogP contribution in [0.4, 0.5) is 11.6 Å². The molecule has 0 spiro atoms. The fourth-order valence-electron chi connectivity index (χ4n) is 5.00. The zero-order chi connectivity index (χ0) is 32.2. The smallest absolute Gasteiger partial charge is 0.255 e. The van der Waals surface area contributed by atoms with Crippen molar-refractivity contribution >= 4 is 68.4 Å². The van der Waals surface area contributed by atoms with Gasteiger partial charge in [-0.25, -0.2) is 4.68 Å². The molecule has 12 heteroatoms. The second-order valence-electron chi connectivity index (χ2n) is 10.6. The summed E-state index contributed by atoms with van der Waals surface area (Å²) in [6, 6.07) is 14.4. The van der Waals surface area contributed by atoms with Gasteiger partial charge in [0, 0.05) is 32.7 Å². The number of carbonyl (C=O) groups excluding carboxylic acids is 1. The maximum absolute atomic E-state index is 14.1. The Labute approximate surface area is 286 Å². The number of allylic oxidation sites excluding steroid dienone is 1. The molecule has 2 heterocycles. The molecule has 1 amide bonds. The van der Waals surface area contributed by atoms with Gasteiger partial charge in [-0.3, -0.25) is 4.79 Å². The molecule has 1 unspecified atom stereocenters. The van der Waals surface area contributed by atoms with Gasteiger partial charge in [0.2, 0.25) is 11.1 Å². The number of anilines is 2. The third kappa shape index (κ3) is 7.30. The van der Waals surface area contributed by atoms with Crippen LogP contribution >= 0.6 is 50.9 Å². The summed E-state index contributed by atoms with van der Waals surface area (Å²) >= 11 is 17.8. The summed E-state index contributed by atoms with van der Waals surface area (Å²) in [6.45, 7) is 10.5. The third-order valence-corrected chi connectivity index (χ3v) is 9.62. The summed E-state index contributed by atoms with van der Waals surface area (Å²) in [5.74, 6) is 2.23. The van der Waals surface area contributed by atoms with E-state index in [4.69, 9.17) is 42.8 Å². The summed E-state index contributed by atoms with van der Waals surface area (Å²) < 4.78 is 14.8. The van der Waals surface area contributed by atoms with E-state index in [0.29, 0.717) is 55.0 Å². The van der Waals surface area contributed by atoms with Crippen molar-refractivity contribution in [2.75, 3.05) is 23.0 Å². The standard InChI is InChI=1S/C33H34BrCl2N5O3S/c1-6-13-45-33-39-32-37-20(5)28(31(42)38-26-10-8-9-18(3)19(26)4)29(41(32)40-33)22-14-24(34)30(27(15-22)43-7-2)44-17-21-11-12-23(35)16-25(21)36/h8-12,14-16,29H,6-7,13,17H2,1-5H3,(H,38,42)(H,37,39,40). The summed E-state index contributed by atoms with van der Waals surface area (Å²) in [5.41, 5.74) is 5.60. The zero-order valence-electron chi connectivity index (χ0n) is 25.6. The minimum absolute atomic E-state index is 0.203. The number of carbonyl (C=O) groups is 1. The predicted octanol–water partition coefficient (Wildman–Crippen LogP) is 9.37. The van der Waals surface area contributed by atoms with Crippen LogP contribution in [0.1, 0.15) is 55.5 Å². The van der Waals surface area contributed by atoms with Crippen molar-refractivity contribution in [3.63, 3.8) is 0 Å². The van der Waals surface area contributed by atoms with Gasteiger partial charge in [-0.15, -0.1) is 5.10 Å². The van der Waals surface area contributed by atoms with E-state index in [0.717, 1.165) is 40.1 Å². The third-order valence-electron chi connectivity index (χ3n) is 7.40. The van der Waals surface area contributed by atoms with Crippen molar-refractivity contribution in [3.05, 3.63) is 96.6 Å². The van der Waals surface area contributed by atoms with Crippen LogP contribution in [0.5, 0.6) is 11.5 Å². The van der Waals surface area contributed by atoms with E-state index in [2.05, 4.69) is 33.5 Å². The summed E-state index contributed by atoms with van der Waals surface area (Å²) in [4.78, 5) is 18.9. The first-order valence-corrected chi connectivity index (χ1v) is 17.1. The lowest BCUT2D eigenvalue weighted by Gasteiger charge is -2.29. The lowest BCUT2D eigenvalue weighted by atomic mass is 9.94. The molecule has 45 heavy (non-hydrogen) atoms. The molecule has 0 saturated heterocycles. The molecule has 8 nitrogen and oxygen atoms in total. The molecule has 0 radical (unpaired) electrons. The Morgan fingerprint density at radius 3 is 2.64 bits per heavy atom. The quantitative estimate of drug-likeness (QED) is 0.149. The van der Waals surface area contributed by atoms with Crippen LogP contribution in [0.3, 0.4) is 0 Å². The van der Waals surface area contributed by atoms with Gasteiger partial charge in [0.15, 0.2) is 11.5 Å². The number of aromatic nitrogens is 3. The first-order valence-electron chi connectivity index (χ1n) is 14.6. The first kappa shape index (κ1) is 33.2. The number of nitrogens with one attached hydrogen (secondary N) is 2. The monoisotopic (exact) mass is 729 g/mol. The van der Waals surface area contributed by atoms with Crippen LogP contribution in [0, 0.1) is 13.8 Å². The van der Waals surface area contributed by atoms with E-state index in [1.807, 2.05) is 64.1 Å². The number of fused-ring (bicyclic) bond motifs is 1. The number of hydrogen-bond acceptors (Lipinski definition) is 7. The average Bonchev–Trinajstić information content (AvgIpc) is 3.40. The zero-order valence-corrected chi connectivity index (χ0v) is 29.5. The highest BCUT2D eigenvalue weighted by Crippen LogP contribution is 2.44. The predicted molar refractivity (Wildman–Crippen MR) is 186 cm³/mol. The van der Waals surface area contributed by atoms with Crippen molar-refractivity contribution < 1.29 is 14.3 Å². The highest BCUT2D eigenvalue weighted by atomic mass is 79.9. The summed E-state index contributed by atoms with van der Waals surface area (Å²) in [6.07, 6.45) is 0.986. The Hall–Kier alpha value is -3.18. The first-order chi connectivity index (χ1) is 21.6. The number of aryl methyl sites for hydroxylation is 1. The second kappa shape index (κ2) is 14.5.